The largest absolute Gasteiger partial charge is 0.214 e. The first-order chi connectivity index (χ1) is 6.97. The molecule has 5 heteroatoms. The standard InChI is InChI=1S/C10H20ClNO2S/c1-9-7-10(2)12(8-9)15(13,14)6-4-3-5-11/h9-10H,3-8H2,1-2H3. The zero-order valence-electron chi connectivity index (χ0n) is 9.45. The maximum Gasteiger partial charge on any atom is 0.214 e. The molecule has 0 N–H and O–H groups in total. The van der Waals surface area contributed by atoms with Crippen LogP contribution in [0.2, 0.25) is 0 Å². The average molecular weight is 254 g/mol. The molecule has 15 heavy (non-hydrogen) atoms. The maximum atomic E-state index is 11.9. The Bertz CT molecular complexity index is 292. The number of halogens is 1. The average Bonchev–Trinajstić information content (AvgIpc) is 2.46. The summed E-state index contributed by atoms with van der Waals surface area (Å²) in [7, 11) is -3.04. The fraction of sp³-hybridized carbons (Fsp3) is 1.00. The monoisotopic (exact) mass is 253 g/mol. The van der Waals surface area contributed by atoms with E-state index in [9.17, 15) is 8.42 Å². The number of nitrogens with zero attached hydrogens (tertiary/aromatic N) is 1. The smallest absolute Gasteiger partial charge is 0.212 e. The summed E-state index contributed by atoms with van der Waals surface area (Å²) in [6, 6.07) is 0.168. The van der Waals surface area contributed by atoms with Crippen LogP contribution in [0.15, 0.2) is 0 Å². The van der Waals surface area contributed by atoms with Crippen LogP contribution in [-0.2, 0) is 10.0 Å². The Hall–Kier alpha value is 0.200. The Morgan fingerprint density at radius 2 is 2.00 bits per heavy atom. The van der Waals surface area contributed by atoms with Gasteiger partial charge in [-0.05, 0) is 32.1 Å². The lowest BCUT2D eigenvalue weighted by molar-refractivity contribution is 0.404. The van der Waals surface area contributed by atoms with Gasteiger partial charge in [-0.2, -0.15) is 4.31 Å². The Labute approximate surface area is 97.8 Å². The van der Waals surface area contributed by atoms with Crippen LogP contribution in [0.4, 0.5) is 0 Å². The van der Waals surface area contributed by atoms with Crippen molar-refractivity contribution < 1.29 is 8.42 Å². The zero-order chi connectivity index (χ0) is 11.5. The summed E-state index contributed by atoms with van der Waals surface area (Å²) in [6.07, 6.45) is 2.43. The molecule has 2 unspecified atom stereocenters. The van der Waals surface area contributed by atoms with Crippen molar-refractivity contribution in [1.82, 2.24) is 4.31 Å². The van der Waals surface area contributed by atoms with Crippen molar-refractivity contribution in [3.8, 4) is 0 Å². The molecule has 0 aromatic heterocycles. The normalized spacial score (nSPS) is 28.5. The van der Waals surface area contributed by atoms with Gasteiger partial charge in [0.1, 0.15) is 0 Å². The maximum absolute atomic E-state index is 11.9. The molecule has 0 amide bonds. The third-order valence-corrected chi connectivity index (χ3v) is 5.17. The molecule has 90 valence electrons. The fourth-order valence-corrected chi connectivity index (χ4v) is 4.25. The molecule has 0 saturated carbocycles. The molecule has 1 saturated heterocycles. The Morgan fingerprint density at radius 1 is 1.33 bits per heavy atom. The van der Waals surface area contributed by atoms with Crippen molar-refractivity contribution >= 4 is 21.6 Å². The summed E-state index contributed by atoms with van der Waals surface area (Å²) in [5.41, 5.74) is 0. The molecule has 3 nitrogen and oxygen atoms in total. The molecule has 2 atom stereocenters. The van der Waals surface area contributed by atoms with Gasteiger partial charge in [-0.3, -0.25) is 0 Å². The highest BCUT2D eigenvalue weighted by atomic mass is 35.5. The second-order valence-corrected chi connectivity index (χ2v) is 6.89. The van der Waals surface area contributed by atoms with Gasteiger partial charge < -0.3 is 0 Å². The van der Waals surface area contributed by atoms with Crippen molar-refractivity contribution in [2.45, 2.75) is 39.2 Å². The van der Waals surface area contributed by atoms with Crippen LogP contribution < -0.4 is 0 Å². The third kappa shape index (κ3) is 3.61. The van der Waals surface area contributed by atoms with Gasteiger partial charge in [-0.25, -0.2) is 8.42 Å². The molecule has 0 aliphatic carbocycles. The molecule has 1 rings (SSSR count). The van der Waals surface area contributed by atoms with Gasteiger partial charge in [0.05, 0.1) is 5.75 Å². The van der Waals surface area contributed by atoms with E-state index in [0.717, 1.165) is 12.8 Å². The van der Waals surface area contributed by atoms with E-state index in [4.69, 9.17) is 11.6 Å². The van der Waals surface area contributed by atoms with Crippen LogP contribution >= 0.6 is 11.6 Å². The lowest BCUT2D eigenvalue weighted by Gasteiger charge is -2.20. The minimum absolute atomic E-state index is 0.168. The van der Waals surface area contributed by atoms with Crippen LogP contribution in [-0.4, -0.2) is 36.9 Å². The molecule has 0 aromatic rings. The van der Waals surface area contributed by atoms with E-state index in [1.807, 2.05) is 6.92 Å². The third-order valence-electron chi connectivity index (χ3n) is 2.87. The molecule has 0 aromatic carbocycles. The van der Waals surface area contributed by atoms with Crippen molar-refractivity contribution in [2.75, 3.05) is 18.2 Å². The summed E-state index contributed by atoms with van der Waals surface area (Å²) >= 11 is 5.53. The molecular weight excluding hydrogens is 234 g/mol. The predicted molar refractivity (Wildman–Crippen MR) is 63.7 cm³/mol. The van der Waals surface area contributed by atoms with E-state index in [2.05, 4.69) is 6.92 Å². The second-order valence-electron chi connectivity index (χ2n) is 4.47. The van der Waals surface area contributed by atoms with Gasteiger partial charge in [-0.1, -0.05) is 6.92 Å². The lowest BCUT2D eigenvalue weighted by Crippen LogP contribution is -2.35. The van der Waals surface area contributed by atoms with E-state index >= 15 is 0 Å². The minimum atomic E-state index is -3.04. The van der Waals surface area contributed by atoms with Crippen molar-refractivity contribution in [1.29, 1.82) is 0 Å². The Morgan fingerprint density at radius 3 is 2.47 bits per heavy atom. The molecule has 1 heterocycles. The van der Waals surface area contributed by atoms with Crippen LogP contribution in [0.3, 0.4) is 0 Å². The number of hydrogen-bond donors (Lipinski definition) is 0. The van der Waals surface area contributed by atoms with Gasteiger partial charge in [0.25, 0.3) is 0 Å². The first kappa shape index (κ1) is 13.3. The van der Waals surface area contributed by atoms with Gasteiger partial charge in [0, 0.05) is 18.5 Å². The number of rotatable bonds is 5. The van der Waals surface area contributed by atoms with Gasteiger partial charge >= 0.3 is 0 Å². The van der Waals surface area contributed by atoms with E-state index in [1.54, 1.807) is 4.31 Å². The molecule has 0 bridgehead atoms. The summed E-state index contributed by atoms with van der Waals surface area (Å²) in [6.45, 7) is 4.78. The first-order valence-corrected chi connectivity index (χ1v) is 7.67. The summed E-state index contributed by atoms with van der Waals surface area (Å²) in [5, 5.41) is 0. The molecule has 0 spiro atoms. The second kappa shape index (κ2) is 5.51. The van der Waals surface area contributed by atoms with Crippen LogP contribution in [0.1, 0.15) is 33.1 Å². The number of sulfonamides is 1. The summed E-state index contributed by atoms with van der Waals surface area (Å²) in [4.78, 5) is 0. The van der Waals surface area contributed by atoms with Crippen molar-refractivity contribution in [3.63, 3.8) is 0 Å². The van der Waals surface area contributed by atoms with Crippen molar-refractivity contribution in [2.24, 2.45) is 5.92 Å². The molecule has 1 aliphatic heterocycles. The van der Waals surface area contributed by atoms with Crippen LogP contribution in [0.25, 0.3) is 0 Å². The fourth-order valence-electron chi connectivity index (χ4n) is 2.15. The predicted octanol–water partition coefficient (Wildman–Crippen LogP) is 2.07. The number of unbranched alkanes of at least 4 members (excludes halogenated alkanes) is 1. The SMILES string of the molecule is CC1CC(C)N(S(=O)(=O)CCCCCl)C1. The highest BCUT2D eigenvalue weighted by Gasteiger charge is 2.34. The highest BCUT2D eigenvalue weighted by molar-refractivity contribution is 7.89. The zero-order valence-corrected chi connectivity index (χ0v) is 11.0. The quantitative estimate of drug-likeness (QED) is 0.556. The minimum Gasteiger partial charge on any atom is -0.212 e. The summed E-state index contributed by atoms with van der Waals surface area (Å²) in [5.74, 6) is 1.28. The number of alkyl halides is 1. The van der Waals surface area contributed by atoms with E-state index in [0.29, 0.717) is 24.8 Å². The molecule has 1 fully saturated rings. The van der Waals surface area contributed by atoms with Gasteiger partial charge in [-0.15, -0.1) is 11.6 Å². The van der Waals surface area contributed by atoms with E-state index in [1.165, 1.54) is 0 Å². The topological polar surface area (TPSA) is 37.4 Å². The van der Waals surface area contributed by atoms with E-state index in [-0.39, 0.29) is 11.8 Å². The Balaban J connectivity index is 2.54. The van der Waals surface area contributed by atoms with Gasteiger partial charge in [0.2, 0.25) is 10.0 Å². The highest BCUT2D eigenvalue weighted by Crippen LogP contribution is 2.25. The molecule has 0 radical (unpaired) electrons. The molecular formula is C10H20ClNO2S. The lowest BCUT2D eigenvalue weighted by atomic mass is 10.1. The van der Waals surface area contributed by atoms with Crippen molar-refractivity contribution in [3.05, 3.63) is 0 Å². The summed E-state index contributed by atoms with van der Waals surface area (Å²) < 4.78 is 25.6. The Kier molecular flexibility index (Phi) is 4.87. The molecule has 1 aliphatic rings. The van der Waals surface area contributed by atoms with Crippen LogP contribution in [0.5, 0.6) is 0 Å². The van der Waals surface area contributed by atoms with Crippen LogP contribution in [0, 0.1) is 5.92 Å². The number of hydrogen-bond acceptors (Lipinski definition) is 2. The first-order valence-electron chi connectivity index (χ1n) is 5.53. The van der Waals surface area contributed by atoms with Gasteiger partial charge in [0.15, 0.2) is 0 Å². The van der Waals surface area contributed by atoms with E-state index < -0.39 is 10.0 Å².